The molecule has 0 spiro atoms. The number of aromatic carboxylic acids is 1. The van der Waals surface area contributed by atoms with Gasteiger partial charge in [-0.2, -0.15) is 5.10 Å². The van der Waals surface area contributed by atoms with Gasteiger partial charge in [-0.05, 0) is 48.8 Å². The number of benzene rings is 1. The van der Waals surface area contributed by atoms with Crippen LogP contribution < -0.4 is 0 Å². The molecular weight excluding hydrogens is 332 g/mol. The standard InChI is InChI=1S/C20H22N2O4/c1-25-11-12-26-18-8-3-6-16-14-22(21-19(16)10-4-9-18)17-7-2-5-15(13-17)20(23)24/h2,4-5,7-9,13-14H,3,6,10-12H2,1H3,(H,23,24)/b9-4-,18-8+. The Labute approximate surface area is 152 Å². The fraction of sp³-hybridized carbons (Fsp3) is 0.300. The van der Waals surface area contributed by atoms with E-state index in [0.29, 0.717) is 19.6 Å². The number of aryl methyl sites for hydroxylation is 1. The quantitative estimate of drug-likeness (QED) is 0.807. The number of carbonyl (C=O) groups is 1. The number of carboxylic acids is 1. The van der Waals surface area contributed by atoms with E-state index in [1.807, 2.05) is 24.4 Å². The zero-order valence-electron chi connectivity index (χ0n) is 14.7. The summed E-state index contributed by atoms with van der Waals surface area (Å²) in [6.45, 7) is 1.09. The maximum absolute atomic E-state index is 11.2. The first kappa shape index (κ1) is 17.9. The van der Waals surface area contributed by atoms with Gasteiger partial charge in [-0.15, -0.1) is 0 Å². The Balaban J connectivity index is 1.77. The van der Waals surface area contributed by atoms with E-state index in [9.17, 15) is 4.79 Å². The zero-order chi connectivity index (χ0) is 18.4. The van der Waals surface area contributed by atoms with Crippen LogP contribution in [-0.4, -0.2) is 41.2 Å². The highest BCUT2D eigenvalue weighted by molar-refractivity contribution is 5.88. The second-order valence-electron chi connectivity index (χ2n) is 5.99. The average molecular weight is 354 g/mol. The normalized spacial score (nSPS) is 17.2. The van der Waals surface area contributed by atoms with Gasteiger partial charge in [0.25, 0.3) is 0 Å². The third kappa shape index (κ3) is 4.40. The molecular formula is C20H22N2O4. The Hall–Kier alpha value is -2.86. The van der Waals surface area contributed by atoms with Crippen molar-refractivity contribution in [1.82, 2.24) is 9.78 Å². The fourth-order valence-electron chi connectivity index (χ4n) is 2.81. The molecule has 1 aromatic heterocycles. The van der Waals surface area contributed by atoms with Crippen molar-refractivity contribution in [3.05, 3.63) is 71.3 Å². The minimum atomic E-state index is -0.942. The predicted molar refractivity (Wildman–Crippen MR) is 97.6 cm³/mol. The number of ether oxygens (including phenoxy) is 2. The molecule has 0 saturated carbocycles. The van der Waals surface area contributed by atoms with Crippen LogP contribution in [0.15, 0.2) is 54.4 Å². The van der Waals surface area contributed by atoms with Crippen molar-refractivity contribution < 1.29 is 19.4 Å². The molecule has 0 amide bonds. The van der Waals surface area contributed by atoms with E-state index in [2.05, 4.69) is 11.2 Å². The lowest BCUT2D eigenvalue weighted by Gasteiger charge is -2.06. The van der Waals surface area contributed by atoms with E-state index in [0.717, 1.165) is 35.5 Å². The highest BCUT2D eigenvalue weighted by Gasteiger charge is 2.12. The zero-order valence-corrected chi connectivity index (χ0v) is 14.7. The van der Waals surface area contributed by atoms with Gasteiger partial charge in [0.2, 0.25) is 0 Å². The fourth-order valence-corrected chi connectivity index (χ4v) is 2.81. The van der Waals surface area contributed by atoms with Crippen molar-refractivity contribution in [2.45, 2.75) is 19.3 Å². The molecule has 1 aliphatic carbocycles. The summed E-state index contributed by atoms with van der Waals surface area (Å²) >= 11 is 0. The summed E-state index contributed by atoms with van der Waals surface area (Å²) in [5.41, 5.74) is 3.15. The molecule has 26 heavy (non-hydrogen) atoms. The molecule has 0 unspecified atom stereocenters. The van der Waals surface area contributed by atoms with Crippen LogP contribution in [0.25, 0.3) is 5.69 Å². The molecule has 0 aliphatic heterocycles. The summed E-state index contributed by atoms with van der Waals surface area (Å²) < 4.78 is 12.4. The van der Waals surface area contributed by atoms with Gasteiger partial charge in [0.15, 0.2) is 0 Å². The molecule has 136 valence electrons. The smallest absolute Gasteiger partial charge is 0.335 e. The van der Waals surface area contributed by atoms with Crippen LogP contribution in [0.3, 0.4) is 0 Å². The number of methoxy groups -OCH3 is 1. The number of carboxylic acid groups (broad SMARTS) is 1. The molecule has 1 aliphatic rings. The van der Waals surface area contributed by atoms with Crippen LogP contribution in [0.4, 0.5) is 0 Å². The Bertz CT molecular complexity index is 836. The molecule has 0 radical (unpaired) electrons. The summed E-state index contributed by atoms with van der Waals surface area (Å²) in [6.07, 6.45) is 10.5. The van der Waals surface area contributed by atoms with Crippen molar-refractivity contribution in [1.29, 1.82) is 0 Å². The first-order valence-corrected chi connectivity index (χ1v) is 8.57. The van der Waals surface area contributed by atoms with Crippen molar-refractivity contribution in [2.75, 3.05) is 20.3 Å². The van der Waals surface area contributed by atoms with Gasteiger partial charge in [0, 0.05) is 19.7 Å². The van der Waals surface area contributed by atoms with Crippen LogP contribution in [-0.2, 0) is 22.3 Å². The van der Waals surface area contributed by atoms with Gasteiger partial charge in [0.05, 0.1) is 23.6 Å². The van der Waals surface area contributed by atoms with E-state index in [4.69, 9.17) is 14.6 Å². The molecule has 1 heterocycles. The van der Waals surface area contributed by atoms with Crippen LogP contribution >= 0.6 is 0 Å². The highest BCUT2D eigenvalue weighted by Crippen LogP contribution is 2.19. The second-order valence-corrected chi connectivity index (χ2v) is 5.99. The van der Waals surface area contributed by atoms with Gasteiger partial charge in [0.1, 0.15) is 12.4 Å². The lowest BCUT2D eigenvalue weighted by molar-refractivity contribution is 0.0697. The molecule has 0 fully saturated rings. The van der Waals surface area contributed by atoms with Crippen LogP contribution in [0, 0.1) is 0 Å². The number of nitrogens with zero attached hydrogens (tertiary/aromatic N) is 2. The summed E-state index contributed by atoms with van der Waals surface area (Å²) in [5, 5.41) is 13.8. The third-order valence-corrected chi connectivity index (χ3v) is 4.14. The molecule has 0 bridgehead atoms. The minimum Gasteiger partial charge on any atom is -0.492 e. The number of aromatic nitrogens is 2. The van der Waals surface area contributed by atoms with Crippen LogP contribution in [0.1, 0.15) is 28.0 Å². The van der Waals surface area contributed by atoms with Crippen LogP contribution in [0.5, 0.6) is 0 Å². The SMILES string of the molecule is COCCOC1=C/CCc2cn(-c3cccc(C(=O)O)c3)nc2C/C=C\1. The molecule has 1 aromatic carbocycles. The average Bonchev–Trinajstić information content (AvgIpc) is 3.06. The van der Waals surface area contributed by atoms with Gasteiger partial charge in [-0.1, -0.05) is 12.1 Å². The molecule has 1 N–H and O–H groups in total. The van der Waals surface area contributed by atoms with Gasteiger partial charge < -0.3 is 14.6 Å². The summed E-state index contributed by atoms with van der Waals surface area (Å²) in [4.78, 5) is 11.2. The van der Waals surface area contributed by atoms with E-state index >= 15 is 0 Å². The lowest BCUT2D eigenvalue weighted by Crippen LogP contribution is -2.01. The second kappa shape index (κ2) is 8.49. The first-order chi connectivity index (χ1) is 12.7. The molecule has 0 atom stereocenters. The number of hydrogen-bond donors (Lipinski definition) is 1. The van der Waals surface area contributed by atoms with Crippen molar-refractivity contribution >= 4 is 5.97 Å². The highest BCUT2D eigenvalue weighted by atomic mass is 16.5. The monoisotopic (exact) mass is 354 g/mol. The Morgan fingerprint density at radius 3 is 3.04 bits per heavy atom. The minimum absolute atomic E-state index is 0.253. The topological polar surface area (TPSA) is 73.6 Å². The maximum atomic E-state index is 11.2. The molecule has 3 rings (SSSR count). The van der Waals surface area contributed by atoms with Crippen molar-refractivity contribution in [2.24, 2.45) is 0 Å². The summed E-state index contributed by atoms with van der Waals surface area (Å²) in [5.74, 6) is -0.0860. The Kier molecular flexibility index (Phi) is 5.86. The Morgan fingerprint density at radius 2 is 2.23 bits per heavy atom. The Morgan fingerprint density at radius 1 is 1.35 bits per heavy atom. The van der Waals surface area contributed by atoms with Crippen LogP contribution in [0.2, 0.25) is 0 Å². The number of hydrogen-bond acceptors (Lipinski definition) is 4. The summed E-state index contributed by atoms with van der Waals surface area (Å²) in [6, 6.07) is 6.80. The molecule has 2 aromatic rings. The van der Waals surface area contributed by atoms with Gasteiger partial charge >= 0.3 is 5.97 Å². The number of rotatable bonds is 6. The van der Waals surface area contributed by atoms with Crippen molar-refractivity contribution in [3.8, 4) is 5.69 Å². The van der Waals surface area contributed by atoms with Gasteiger partial charge in [-0.3, -0.25) is 0 Å². The number of allylic oxidation sites excluding steroid dienone is 3. The summed E-state index contributed by atoms with van der Waals surface area (Å²) in [7, 11) is 1.65. The molecule has 0 saturated heterocycles. The largest absolute Gasteiger partial charge is 0.492 e. The maximum Gasteiger partial charge on any atom is 0.335 e. The van der Waals surface area contributed by atoms with Crippen molar-refractivity contribution in [3.63, 3.8) is 0 Å². The van der Waals surface area contributed by atoms with Gasteiger partial charge in [-0.25, -0.2) is 9.48 Å². The third-order valence-electron chi connectivity index (χ3n) is 4.14. The molecule has 6 nitrogen and oxygen atoms in total. The van der Waals surface area contributed by atoms with E-state index < -0.39 is 5.97 Å². The van der Waals surface area contributed by atoms with E-state index in [1.54, 1.807) is 30.0 Å². The lowest BCUT2D eigenvalue weighted by atomic mass is 10.1. The van der Waals surface area contributed by atoms with E-state index in [-0.39, 0.29) is 5.56 Å². The first-order valence-electron chi connectivity index (χ1n) is 8.57. The van der Waals surface area contributed by atoms with E-state index in [1.165, 1.54) is 0 Å². The predicted octanol–water partition coefficient (Wildman–Crippen LogP) is 3.16. The molecule has 6 heteroatoms. The number of fused-ring (bicyclic) bond motifs is 1.